The van der Waals surface area contributed by atoms with E-state index in [9.17, 15) is 14.1 Å². The number of hydrogen-bond acceptors (Lipinski definition) is 5. The number of rotatable bonds is 5. The molecule has 3 aromatic rings. The number of carboxylic acid groups (broad SMARTS) is 1. The largest absolute Gasteiger partial charge is 0.503 e. The van der Waals surface area contributed by atoms with E-state index in [1.54, 1.807) is 12.3 Å². The molecule has 0 aliphatic rings. The molecule has 1 atom stereocenters. The molecule has 0 amide bonds. The maximum atomic E-state index is 11.6. The van der Waals surface area contributed by atoms with Gasteiger partial charge in [-0.25, -0.2) is 9.78 Å². The van der Waals surface area contributed by atoms with Crippen molar-refractivity contribution in [1.82, 2.24) is 4.98 Å². The number of carbonyl (C=O) groups is 1. The van der Waals surface area contributed by atoms with Crippen LogP contribution in [0.25, 0.3) is 27.6 Å². The van der Waals surface area contributed by atoms with Crippen molar-refractivity contribution in [3.8, 4) is 11.3 Å². The van der Waals surface area contributed by atoms with E-state index < -0.39 is 16.8 Å². The first-order chi connectivity index (χ1) is 12.0. The number of nitrogens with zero attached hydrogens (tertiary/aromatic N) is 1. The number of carboxylic acids is 1. The summed E-state index contributed by atoms with van der Waals surface area (Å²) in [5.41, 5.74) is 2.22. The summed E-state index contributed by atoms with van der Waals surface area (Å²) in [7, 11) is 0.292. The summed E-state index contributed by atoms with van der Waals surface area (Å²) in [5, 5.41) is 13.0. The van der Waals surface area contributed by atoms with Gasteiger partial charge in [0.25, 0.3) is 0 Å². The van der Waals surface area contributed by atoms with Crippen molar-refractivity contribution in [2.75, 3.05) is 13.4 Å². The zero-order valence-electron chi connectivity index (χ0n) is 13.6. The Hall–Kier alpha value is -2.51. The number of benzene rings is 2. The minimum absolute atomic E-state index is 0.0823. The fourth-order valence-corrected chi connectivity index (χ4v) is 4.00. The van der Waals surface area contributed by atoms with Gasteiger partial charge in [-0.05, 0) is 22.4 Å². The first-order valence-electron chi connectivity index (χ1n) is 7.30. The number of aromatic nitrogens is 1. The van der Waals surface area contributed by atoms with Crippen LogP contribution in [0.3, 0.4) is 0 Å². The predicted octanol–water partition coefficient (Wildman–Crippen LogP) is 3.77. The lowest BCUT2D eigenvalue weighted by molar-refractivity contribution is -0.130. The molecule has 7 heteroatoms. The van der Waals surface area contributed by atoms with Gasteiger partial charge in [0.05, 0.1) is 29.9 Å². The lowest BCUT2D eigenvalue weighted by Crippen LogP contribution is -2.01. The highest BCUT2D eigenvalue weighted by Crippen LogP contribution is 2.31. The van der Waals surface area contributed by atoms with Crippen LogP contribution in [0.4, 0.5) is 0 Å². The third-order valence-electron chi connectivity index (χ3n) is 3.66. The molecule has 1 heterocycles. The van der Waals surface area contributed by atoms with Gasteiger partial charge in [-0.3, -0.25) is 4.21 Å². The molecule has 128 valence electrons. The van der Waals surface area contributed by atoms with Crippen LogP contribution in [0.15, 0.2) is 52.4 Å². The normalized spacial score (nSPS) is 13.0. The molecule has 1 unspecified atom stereocenters. The Morgan fingerprint density at radius 2 is 2.12 bits per heavy atom. The second kappa shape index (κ2) is 7.16. The van der Waals surface area contributed by atoms with Gasteiger partial charge in [-0.2, -0.15) is 0 Å². The smallest absolute Gasteiger partial charge is 0.339 e. The molecular weight excluding hydrogens is 358 g/mol. The average molecular weight is 373 g/mol. The van der Waals surface area contributed by atoms with Crippen molar-refractivity contribution in [2.24, 2.45) is 0 Å². The van der Waals surface area contributed by atoms with Gasteiger partial charge in [0, 0.05) is 17.2 Å². The van der Waals surface area contributed by atoms with Gasteiger partial charge >= 0.3 is 5.97 Å². The molecule has 0 spiro atoms. The molecule has 25 heavy (non-hydrogen) atoms. The maximum Gasteiger partial charge on any atom is 0.339 e. The van der Waals surface area contributed by atoms with Crippen LogP contribution in [-0.4, -0.2) is 33.6 Å². The third kappa shape index (κ3) is 3.47. The summed E-state index contributed by atoms with van der Waals surface area (Å²) in [6.07, 6.45) is 2.82. The lowest BCUT2D eigenvalue weighted by Gasteiger charge is -2.09. The second-order valence-electron chi connectivity index (χ2n) is 5.27. The van der Waals surface area contributed by atoms with Gasteiger partial charge in [-0.1, -0.05) is 30.3 Å². The summed E-state index contributed by atoms with van der Waals surface area (Å²) in [5.74, 6) is -1.06. The Morgan fingerprint density at radius 3 is 2.76 bits per heavy atom. The first-order valence-corrected chi connectivity index (χ1v) is 9.73. The van der Waals surface area contributed by atoms with E-state index in [-0.39, 0.29) is 5.57 Å². The van der Waals surface area contributed by atoms with E-state index in [0.717, 1.165) is 22.0 Å². The number of methoxy groups -OCH3 is 1. The standard InChI is InChI=1S/C18H15NO4S2/c1-23-9-15(17(20)21)13-5-3-4-11-6-7-12(8-14(11)13)16-10-24-18(19-16)25(2)22/h3-10H,1-2H3,(H,20,21). The van der Waals surface area contributed by atoms with Crippen molar-refractivity contribution in [1.29, 1.82) is 0 Å². The Labute approximate surface area is 151 Å². The highest BCUT2D eigenvalue weighted by atomic mass is 32.2. The van der Waals surface area contributed by atoms with Crippen LogP contribution in [0, 0.1) is 0 Å². The minimum Gasteiger partial charge on any atom is -0.503 e. The molecule has 2 aromatic carbocycles. The van der Waals surface area contributed by atoms with E-state index >= 15 is 0 Å². The molecule has 0 bridgehead atoms. The van der Waals surface area contributed by atoms with Crippen LogP contribution >= 0.6 is 11.3 Å². The Kier molecular flexibility index (Phi) is 4.96. The fourth-order valence-electron chi connectivity index (χ4n) is 2.54. The summed E-state index contributed by atoms with van der Waals surface area (Å²) in [6.45, 7) is 0. The summed E-state index contributed by atoms with van der Waals surface area (Å²) < 4.78 is 17.1. The topological polar surface area (TPSA) is 76.5 Å². The number of thiazole rings is 1. The van der Waals surface area contributed by atoms with Crippen LogP contribution in [0.2, 0.25) is 0 Å². The van der Waals surface area contributed by atoms with E-state index in [1.807, 2.05) is 35.7 Å². The third-order valence-corrected chi connectivity index (χ3v) is 5.87. The van der Waals surface area contributed by atoms with Crippen molar-refractivity contribution < 1.29 is 18.8 Å². The zero-order valence-corrected chi connectivity index (χ0v) is 15.2. The molecule has 0 aliphatic heterocycles. The number of fused-ring (bicyclic) bond motifs is 1. The van der Waals surface area contributed by atoms with Gasteiger partial charge in [0.15, 0.2) is 4.34 Å². The fraction of sp³-hybridized carbons (Fsp3) is 0.111. The average Bonchev–Trinajstić information content (AvgIpc) is 3.09. The second-order valence-corrected chi connectivity index (χ2v) is 7.68. The monoisotopic (exact) mass is 373 g/mol. The van der Waals surface area contributed by atoms with Crippen molar-refractivity contribution in [3.63, 3.8) is 0 Å². The highest BCUT2D eigenvalue weighted by molar-refractivity contribution is 7.86. The molecule has 1 aromatic heterocycles. The predicted molar refractivity (Wildman–Crippen MR) is 100 cm³/mol. The van der Waals surface area contributed by atoms with Crippen molar-refractivity contribution in [3.05, 3.63) is 53.6 Å². The van der Waals surface area contributed by atoms with Crippen LogP contribution < -0.4 is 0 Å². The van der Waals surface area contributed by atoms with Gasteiger partial charge in [0.1, 0.15) is 5.57 Å². The molecule has 0 aliphatic carbocycles. The first kappa shape index (κ1) is 17.3. The van der Waals surface area contributed by atoms with E-state index in [2.05, 4.69) is 4.98 Å². The zero-order chi connectivity index (χ0) is 18.0. The van der Waals surface area contributed by atoms with Gasteiger partial charge in [-0.15, -0.1) is 11.3 Å². The molecule has 5 nitrogen and oxygen atoms in total. The number of aliphatic carboxylic acids is 1. The molecule has 0 saturated heterocycles. The Morgan fingerprint density at radius 1 is 1.32 bits per heavy atom. The number of ether oxygens (including phenoxy) is 1. The lowest BCUT2D eigenvalue weighted by atomic mass is 9.96. The van der Waals surface area contributed by atoms with E-state index in [0.29, 0.717) is 9.90 Å². The highest BCUT2D eigenvalue weighted by Gasteiger charge is 2.15. The van der Waals surface area contributed by atoms with E-state index in [1.165, 1.54) is 24.7 Å². The van der Waals surface area contributed by atoms with Crippen LogP contribution in [0.1, 0.15) is 5.56 Å². The Bertz CT molecular complexity index is 1010. The van der Waals surface area contributed by atoms with Crippen molar-refractivity contribution in [2.45, 2.75) is 4.34 Å². The molecule has 0 saturated carbocycles. The summed E-state index contributed by atoms with van der Waals surface area (Å²) >= 11 is 1.34. The van der Waals surface area contributed by atoms with Crippen LogP contribution in [-0.2, 0) is 20.3 Å². The number of hydrogen-bond donors (Lipinski definition) is 1. The summed E-state index contributed by atoms with van der Waals surface area (Å²) in [4.78, 5) is 16.0. The molecule has 0 fully saturated rings. The minimum atomic E-state index is -1.13. The quantitative estimate of drug-likeness (QED) is 0.544. The van der Waals surface area contributed by atoms with Gasteiger partial charge < -0.3 is 9.84 Å². The molecule has 3 rings (SSSR count). The van der Waals surface area contributed by atoms with Crippen LogP contribution in [0.5, 0.6) is 0 Å². The molecular formula is C18H15NO4S2. The Balaban J connectivity index is 2.18. The van der Waals surface area contributed by atoms with E-state index in [4.69, 9.17) is 4.74 Å². The molecule has 1 N–H and O–H groups in total. The van der Waals surface area contributed by atoms with Crippen molar-refractivity contribution >= 4 is 44.5 Å². The maximum absolute atomic E-state index is 11.6. The SMILES string of the molecule is COC=C(C(=O)O)c1cccc2ccc(-c3csc(S(C)=O)n3)cc12. The molecule has 0 radical (unpaired) electrons. The van der Waals surface area contributed by atoms with Gasteiger partial charge in [0.2, 0.25) is 0 Å². The summed E-state index contributed by atoms with van der Waals surface area (Å²) in [6, 6.07) is 11.2.